The van der Waals surface area contributed by atoms with Crippen molar-refractivity contribution in [3.63, 3.8) is 0 Å². The SMILES string of the molecule is COc1cc([C@@H]2[C@]3(O)C[C@@H]4OC(=O)[C@](O)(C3)[C@H](C(=O)c3ccccc3)[C@@]2(O)[C@@H]4O)oc(=O)c1. The number of Topliss-reactive ketones (excluding diaryl/α,β-unsaturated/α-hetero) is 1. The van der Waals surface area contributed by atoms with Crippen LogP contribution in [-0.4, -0.2) is 68.3 Å². The van der Waals surface area contributed by atoms with Crippen LogP contribution in [0.15, 0.2) is 51.7 Å². The molecule has 0 spiro atoms. The number of hydrogen-bond donors (Lipinski definition) is 4. The van der Waals surface area contributed by atoms with Gasteiger partial charge in [-0.3, -0.25) is 4.79 Å². The van der Waals surface area contributed by atoms with Crippen LogP contribution >= 0.6 is 0 Å². The first-order chi connectivity index (χ1) is 15.5. The number of aliphatic hydroxyl groups excluding tert-OH is 1. The monoisotopic (exact) mass is 458 g/mol. The molecule has 2 saturated carbocycles. The largest absolute Gasteiger partial charge is 0.496 e. The minimum absolute atomic E-state index is 0.0616. The molecule has 4 N–H and O–H groups in total. The fraction of sp³-hybridized carbons (Fsp3) is 0.435. The van der Waals surface area contributed by atoms with Crippen molar-refractivity contribution in [1.82, 2.24) is 0 Å². The van der Waals surface area contributed by atoms with Crippen LogP contribution in [0.3, 0.4) is 0 Å². The molecule has 3 heterocycles. The molecule has 10 nitrogen and oxygen atoms in total. The van der Waals surface area contributed by atoms with Crippen molar-refractivity contribution >= 4 is 11.8 Å². The molecule has 6 rings (SSSR count). The lowest BCUT2D eigenvalue weighted by molar-refractivity contribution is -0.269. The van der Waals surface area contributed by atoms with E-state index in [9.17, 15) is 34.8 Å². The van der Waals surface area contributed by atoms with Crippen molar-refractivity contribution in [1.29, 1.82) is 0 Å². The Balaban J connectivity index is 1.78. The Hall–Kier alpha value is -3.05. The fourth-order valence-corrected chi connectivity index (χ4v) is 5.90. The average Bonchev–Trinajstić information content (AvgIpc) is 2.87. The Labute approximate surface area is 187 Å². The molecule has 33 heavy (non-hydrogen) atoms. The van der Waals surface area contributed by atoms with E-state index in [1.165, 1.54) is 25.3 Å². The molecule has 1 aromatic heterocycles. The Kier molecular flexibility index (Phi) is 4.60. The second-order valence-corrected chi connectivity index (χ2v) is 9.00. The number of benzene rings is 1. The quantitative estimate of drug-likeness (QED) is 0.347. The molecule has 0 radical (unpaired) electrons. The highest BCUT2D eigenvalue weighted by atomic mass is 16.6. The molecule has 7 atom stereocenters. The van der Waals surface area contributed by atoms with Crippen molar-refractivity contribution in [2.45, 2.75) is 47.8 Å². The third-order valence-electron chi connectivity index (χ3n) is 7.11. The summed E-state index contributed by atoms with van der Waals surface area (Å²) in [4.78, 5) is 38.7. The Morgan fingerprint density at radius 3 is 2.48 bits per heavy atom. The van der Waals surface area contributed by atoms with Gasteiger partial charge in [0.25, 0.3) is 0 Å². The number of carbonyl (C=O) groups excluding carboxylic acids is 2. The Bertz CT molecular complexity index is 1190. The Morgan fingerprint density at radius 1 is 1.12 bits per heavy atom. The van der Waals surface area contributed by atoms with E-state index in [-0.39, 0.29) is 23.5 Å². The minimum Gasteiger partial charge on any atom is -0.496 e. The van der Waals surface area contributed by atoms with Gasteiger partial charge in [-0.15, -0.1) is 0 Å². The third-order valence-corrected chi connectivity index (χ3v) is 7.11. The number of ketones is 1. The zero-order chi connectivity index (χ0) is 23.8. The predicted molar refractivity (Wildman–Crippen MR) is 109 cm³/mol. The van der Waals surface area contributed by atoms with E-state index in [1.807, 2.05) is 0 Å². The summed E-state index contributed by atoms with van der Waals surface area (Å²) >= 11 is 0. The van der Waals surface area contributed by atoms with E-state index in [0.717, 1.165) is 6.07 Å². The molecular formula is C23H22O10. The van der Waals surface area contributed by atoms with E-state index < -0.39 is 64.6 Å². The normalized spacial score (nSPS) is 39.1. The van der Waals surface area contributed by atoms with E-state index in [1.54, 1.807) is 18.2 Å². The van der Waals surface area contributed by atoms with Gasteiger partial charge in [0.15, 0.2) is 11.4 Å². The molecule has 1 aromatic carbocycles. The number of ether oxygens (including phenoxy) is 2. The lowest BCUT2D eigenvalue weighted by Gasteiger charge is -2.60. The van der Waals surface area contributed by atoms with Gasteiger partial charge in [-0.25, -0.2) is 9.59 Å². The molecule has 4 bridgehead atoms. The summed E-state index contributed by atoms with van der Waals surface area (Å²) in [6.45, 7) is 0. The van der Waals surface area contributed by atoms with Gasteiger partial charge in [0.1, 0.15) is 29.3 Å². The number of esters is 1. The summed E-state index contributed by atoms with van der Waals surface area (Å²) in [5, 5.41) is 46.3. The molecule has 174 valence electrons. The van der Waals surface area contributed by atoms with Gasteiger partial charge < -0.3 is 34.3 Å². The van der Waals surface area contributed by atoms with E-state index in [0.29, 0.717) is 0 Å². The van der Waals surface area contributed by atoms with Crippen LogP contribution < -0.4 is 10.4 Å². The van der Waals surface area contributed by atoms with Crippen LogP contribution in [0, 0.1) is 5.92 Å². The zero-order valence-electron chi connectivity index (χ0n) is 17.5. The molecule has 2 aromatic rings. The second kappa shape index (κ2) is 6.97. The van der Waals surface area contributed by atoms with Crippen molar-refractivity contribution in [3.8, 4) is 5.75 Å². The van der Waals surface area contributed by atoms with E-state index in [4.69, 9.17) is 13.9 Å². The molecule has 4 aliphatic rings. The standard InChI is InChI=1S/C23H22O10/c1-31-12-7-13(32-15(24)8-12)17-21(28)9-14-19(26)23(17,30)18(22(29,10-21)20(27)33-14)16(25)11-5-3-2-4-6-11/h2-8,14,17-19,26,28-30H,9-10H2,1H3/t14-,17+,18-,19+,21-,22-,23+/m0/s1. The molecular weight excluding hydrogens is 436 g/mol. The lowest BCUT2D eigenvalue weighted by Crippen LogP contribution is -2.76. The Morgan fingerprint density at radius 2 is 1.82 bits per heavy atom. The smallest absolute Gasteiger partial charge is 0.339 e. The van der Waals surface area contributed by atoms with Crippen molar-refractivity contribution in [3.05, 3.63) is 64.2 Å². The highest BCUT2D eigenvalue weighted by Crippen LogP contribution is 2.63. The number of hydrogen-bond acceptors (Lipinski definition) is 10. The van der Waals surface area contributed by atoms with E-state index >= 15 is 0 Å². The minimum atomic E-state index is -2.64. The van der Waals surface area contributed by atoms with Crippen LogP contribution in [0.2, 0.25) is 0 Å². The molecule has 0 unspecified atom stereocenters. The predicted octanol–water partition coefficient (Wildman–Crippen LogP) is -0.482. The zero-order valence-corrected chi connectivity index (χ0v) is 17.5. The van der Waals surface area contributed by atoms with Gasteiger partial charge in [0.05, 0.1) is 30.6 Å². The molecule has 2 aliphatic carbocycles. The van der Waals surface area contributed by atoms with Gasteiger partial charge in [0.2, 0.25) is 0 Å². The molecule has 2 aliphatic heterocycles. The van der Waals surface area contributed by atoms with E-state index in [2.05, 4.69) is 0 Å². The molecule has 0 amide bonds. The number of carbonyl (C=O) groups is 2. The highest BCUT2D eigenvalue weighted by Gasteiger charge is 2.79. The van der Waals surface area contributed by atoms with Crippen LogP contribution in [0.1, 0.15) is 34.9 Å². The van der Waals surface area contributed by atoms with Crippen molar-refractivity contribution in [2.24, 2.45) is 5.92 Å². The maximum atomic E-state index is 13.6. The third kappa shape index (κ3) is 2.85. The molecule has 4 fully saturated rings. The highest BCUT2D eigenvalue weighted by molar-refractivity contribution is 6.03. The first-order valence-electron chi connectivity index (χ1n) is 10.4. The summed E-state index contributed by atoms with van der Waals surface area (Å²) in [6, 6.07) is 9.95. The maximum Gasteiger partial charge on any atom is 0.339 e. The van der Waals surface area contributed by atoms with Crippen molar-refractivity contribution < 1.29 is 43.9 Å². The van der Waals surface area contributed by atoms with Gasteiger partial charge in [-0.05, 0) is 0 Å². The summed E-state index contributed by atoms with van der Waals surface area (Å²) < 4.78 is 15.6. The van der Waals surface area contributed by atoms with Gasteiger partial charge in [0, 0.05) is 24.5 Å². The van der Waals surface area contributed by atoms with Gasteiger partial charge in [-0.2, -0.15) is 0 Å². The molecule has 2 saturated heterocycles. The fourth-order valence-electron chi connectivity index (χ4n) is 5.90. The topological polar surface area (TPSA) is 164 Å². The number of fused-ring (bicyclic) bond motifs is 1. The summed E-state index contributed by atoms with van der Waals surface area (Å²) in [6.07, 6.45) is -4.32. The van der Waals surface area contributed by atoms with Gasteiger partial charge in [-0.1, -0.05) is 30.3 Å². The lowest BCUT2D eigenvalue weighted by atomic mass is 9.48. The van der Waals surface area contributed by atoms with Crippen molar-refractivity contribution in [2.75, 3.05) is 7.11 Å². The summed E-state index contributed by atoms with van der Waals surface area (Å²) in [5.74, 6) is -5.75. The number of methoxy groups -OCH3 is 1. The maximum absolute atomic E-state index is 13.6. The summed E-state index contributed by atoms with van der Waals surface area (Å²) in [5.41, 5.74) is -8.12. The molecule has 10 heteroatoms. The van der Waals surface area contributed by atoms with Crippen LogP contribution in [0.5, 0.6) is 5.75 Å². The summed E-state index contributed by atoms with van der Waals surface area (Å²) in [7, 11) is 1.30. The average molecular weight is 458 g/mol. The first-order valence-corrected chi connectivity index (χ1v) is 10.4. The number of aliphatic hydroxyl groups is 4. The van der Waals surface area contributed by atoms with Gasteiger partial charge >= 0.3 is 11.6 Å². The first kappa shape index (κ1) is 21.8. The van der Waals surface area contributed by atoms with Crippen LogP contribution in [-0.2, 0) is 9.53 Å². The number of rotatable bonds is 4. The van der Waals surface area contributed by atoms with Crippen LogP contribution in [0.4, 0.5) is 0 Å². The van der Waals surface area contributed by atoms with Crippen LogP contribution in [0.25, 0.3) is 0 Å². The second-order valence-electron chi connectivity index (χ2n) is 9.00.